The molecule has 0 saturated carbocycles. The quantitative estimate of drug-likeness (QED) is 0.217. The number of methoxy groups -OCH3 is 2. The van der Waals surface area contributed by atoms with Crippen molar-refractivity contribution in [3.63, 3.8) is 0 Å². The summed E-state index contributed by atoms with van der Waals surface area (Å²) >= 11 is 4.42. The lowest BCUT2D eigenvalue weighted by Gasteiger charge is -2.11. The van der Waals surface area contributed by atoms with Crippen molar-refractivity contribution in [1.29, 1.82) is 0 Å². The second-order valence-electron chi connectivity index (χ2n) is 6.65. The molecule has 0 aromatic heterocycles. The summed E-state index contributed by atoms with van der Waals surface area (Å²) in [5.41, 5.74) is 1.69. The van der Waals surface area contributed by atoms with Crippen molar-refractivity contribution in [2.75, 3.05) is 27.3 Å². The van der Waals surface area contributed by atoms with Gasteiger partial charge in [-0.25, -0.2) is 4.57 Å². The van der Waals surface area contributed by atoms with Crippen LogP contribution in [0, 0.1) is 7.14 Å². The van der Waals surface area contributed by atoms with E-state index < -0.39 is 7.82 Å². The highest BCUT2D eigenvalue weighted by atomic mass is 127. The molecule has 3 rings (SSSR count). The molecule has 1 heterocycles. The summed E-state index contributed by atoms with van der Waals surface area (Å²) in [4.78, 5) is 18.0. The Morgan fingerprint density at radius 3 is 1.97 bits per heavy atom. The molecular weight excluding hydrogens is 647 g/mol. The van der Waals surface area contributed by atoms with Gasteiger partial charge >= 0.3 is 7.82 Å². The van der Waals surface area contributed by atoms with Crippen LogP contribution in [0.25, 0.3) is 12.2 Å². The zero-order valence-corrected chi connectivity index (χ0v) is 22.5. The van der Waals surface area contributed by atoms with Gasteiger partial charge in [-0.3, -0.25) is 9.79 Å². The average Bonchev–Trinajstić information content (AvgIpc) is 2.73. The van der Waals surface area contributed by atoms with Crippen molar-refractivity contribution in [1.82, 2.24) is 5.32 Å². The van der Waals surface area contributed by atoms with Gasteiger partial charge in [0.1, 0.15) is 5.75 Å². The molecule has 2 aromatic carbocycles. The molecule has 170 valence electrons. The summed E-state index contributed by atoms with van der Waals surface area (Å²) in [6, 6.07) is 8.82. The molecule has 0 bridgehead atoms. The Bertz CT molecular complexity index is 909. The predicted octanol–water partition coefficient (Wildman–Crippen LogP) is 5.31. The minimum absolute atomic E-state index is 0.0168. The molecule has 3 N–H and O–H groups in total. The highest BCUT2D eigenvalue weighted by Gasteiger charge is 2.19. The smallest absolute Gasteiger partial charge is 0.495 e. The largest absolute Gasteiger partial charge is 0.524 e. The number of ether oxygens (including phenoxy) is 2. The van der Waals surface area contributed by atoms with E-state index in [1.807, 2.05) is 24.3 Å². The van der Waals surface area contributed by atoms with E-state index in [0.717, 1.165) is 18.5 Å². The normalized spacial score (nSPS) is 14.0. The van der Waals surface area contributed by atoms with E-state index in [1.54, 1.807) is 19.2 Å². The topological polar surface area (TPSA) is 97.2 Å². The summed E-state index contributed by atoms with van der Waals surface area (Å²) < 4.78 is 28.1. The lowest BCUT2D eigenvalue weighted by Crippen LogP contribution is -2.21. The number of nitrogens with one attached hydrogen (secondary N) is 1. The molecule has 0 amide bonds. The highest BCUT2D eigenvalue weighted by Crippen LogP contribution is 2.42. The SMILES string of the molecule is C1CCNCC1.COc1ccc(/C=C\c2cc(I)c(OC)c(I)c2)cc1OP(=O)(O)O. The lowest BCUT2D eigenvalue weighted by molar-refractivity contribution is 0.276. The van der Waals surface area contributed by atoms with Gasteiger partial charge in [-0.2, -0.15) is 0 Å². The molecule has 1 aliphatic heterocycles. The first kappa shape index (κ1) is 26.4. The number of hydrogen-bond donors (Lipinski definition) is 3. The fourth-order valence-corrected chi connectivity index (χ4v) is 5.52. The van der Waals surface area contributed by atoms with Crippen LogP contribution in [-0.4, -0.2) is 37.1 Å². The molecule has 31 heavy (non-hydrogen) atoms. The monoisotopic (exact) mass is 673 g/mol. The third-order valence-electron chi connectivity index (χ3n) is 4.31. The van der Waals surface area contributed by atoms with Gasteiger partial charge in [0.05, 0.1) is 21.4 Å². The molecular formula is C21H26I2NO6P. The minimum Gasteiger partial charge on any atom is -0.495 e. The molecule has 0 radical (unpaired) electrons. The molecule has 0 spiro atoms. The van der Waals surface area contributed by atoms with Gasteiger partial charge < -0.3 is 19.3 Å². The van der Waals surface area contributed by atoms with Crippen LogP contribution in [0.2, 0.25) is 0 Å². The van der Waals surface area contributed by atoms with Crippen LogP contribution in [0.1, 0.15) is 30.4 Å². The van der Waals surface area contributed by atoms with Crippen LogP contribution in [0.15, 0.2) is 30.3 Å². The molecule has 0 aliphatic carbocycles. The average molecular weight is 673 g/mol. The first-order valence-electron chi connectivity index (χ1n) is 9.58. The Labute approximate surface area is 210 Å². The molecule has 0 atom stereocenters. The van der Waals surface area contributed by atoms with Crippen molar-refractivity contribution < 1.29 is 28.3 Å². The first-order valence-corrected chi connectivity index (χ1v) is 13.3. The molecule has 1 fully saturated rings. The summed E-state index contributed by atoms with van der Waals surface area (Å²) in [5.74, 6) is 1.06. The van der Waals surface area contributed by atoms with Gasteiger partial charge in [-0.1, -0.05) is 24.6 Å². The van der Waals surface area contributed by atoms with Crippen LogP contribution in [0.3, 0.4) is 0 Å². The Morgan fingerprint density at radius 2 is 1.52 bits per heavy atom. The van der Waals surface area contributed by atoms with E-state index in [0.29, 0.717) is 5.56 Å². The maximum absolute atomic E-state index is 11.1. The summed E-state index contributed by atoms with van der Waals surface area (Å²) in [5, 5.41) is 3.28. The Kier molecular flexibility index (Phi) is 11.1. The van der Waals surface area contributed by atoms with Gasteiger partial charge in [0.15, 0.2) is 11.5 Å². The Balaban J connectivity index is 0.000000488. The van der Waals surface area contributed by atoms with Gasteiger partial charge in [0.2, 0.25) is 0 Å². The van der Waals surface area contributed by atoms with Crippen molar-refractivity contribution in [3.8, 4) is 17.2 Å². The fraction of sp³-hybridized carbons (Fsp3) is 0.333. The fourth-order valence-electron chi connectivity index (χ4n) is 2.86. The molecule has 10 heteroatoms. The number of rotatable bonds is 6. The second kappa shape index (κ2) is 13.0. The van der Waals surface area contributed by atoms with Gasteiger partial charge in [0.25, 0.3) is 0 Å². The Morgan fingerprint density at radius 1 is 0.903 bits per heavy atom. The molecule has 2 aromatic rings. The van der Waals surface area contributed by atoms with Crippen LogP contribution in [0.5, 0.6) is 17.2 Å². The van der Waals surface area contributed by atoms with Gasteiger partial charge in [-0.05, 0) is 107 Å². The number of halogens is 2. The van der Waals surface area contributed by atoms with E-state index in [9.17, 15) is 4.57 Å². The first-order chi connectivity index (χ1) is 14.7. The second-order valence-corrected chi connectivity index (χ2v) is 10.1. The van der Waals surface area contributed by atoms with E-state index in [-0.39, 0.29) is 11.5 Å². The minimum atomic E-state index is -4.67. The van der Waals surface area contributed by atoms with Crippen LogP contribution < -0.4 is 19.3 Å². The number of phosphoric acid groups is 1. The van der Waals surface area contributed by atoms with Crippen molar-refractivity contribution in [3.05, 3.63) is 48.6 Å². The van der Waals surface area contributed by atoms with E-state index in [2.05, 4.69) is 55.0 Å². The molecule has 7 nitrogen and oxygen atoms in total. The highest BCUT2D eigenvalue weighted by molar-refractivity contribution is 14.1. The third-order valence-corrected chi connectivity index (χ3v) is 6.34. The zero-order chi connectivity index (χ0) is 22.9. The maximum atomic E-state index is 11.1. The summed E-state index contributed by atoms with van der Waals surface area (Å²) in [7, 11) is -1.63. The number of benzene rings is 2. The van der Waals surface area contributed by atoms with Crippen LogP contribution in [-0.2, 0) is 4.57 Å². The molecule has 1 saturated heterocycles. The summed E-state index contributed by atoms with van der Waals surface area (Å²) in [6.45, 7) is 2.50. The zero-order valence-electron chi connectivity index (χ0n) is 17.3. The van der Waals surface area contributed by atoms with Crippen molar-refractivity contribution in [2.45, 2.75) is 19.3 Å². The van der Waals surface area contributed by atoms with Crippen LogP contribution in [0.4, 0.5) is 0 Å². The standard InChI is InChI=1S/C16H15I2O6P.C5H11N/c1-22-14-6-5-10(9-15(14)24-25(19,20)21)3-4-11-7-12(17)16(23-2)13(18)8-11;1-2-4-6-5-3-1/h3-9H,1-2H3,(H2,19,20,21);6H,1-5H2/b4-3-;. The van der Waals surface area contributed by atoms with Gasteiger partial charge in [-0.15, -0.1) is 0 Å². The third kappa shape index (κ3) is 9.27. The van der Waals surface area contributed by atoms with E-state index in [4.69, 9.17) is 19.3 Å². The molecule has 0 unspecified atom stereocenters. The van der Waals surface area contributed by atoms with Crippen molar-refractivity contribution in [2.24, 2.45) is 0 Å². The Hall–Kier alpha value is -0.850. The van der Waals surface area contributed by atoms with E-state index >= 15 is 0 Å². The number of piperidine rings is 1. The number of hydrogen-bond acceptors (Lipinski definition) is 5. The maximum Gasteiger partial charge on any atom is 0.524 e. The lowest BCUT2D eigenvalue weighted by atomic mass is 10.1. The number of phosphoric ester groups is 1. The predicted molar refractivity (Wildman–Crippen MR) is 140 cm³/mol. The molecule has 1 aliphatic rings. The summed E-state index contributed by atoms with van der Waals surface area (Å²) in [6.07, 6.45) is 7.93. The van der Waals surface area contributed by atoms with E-state index in [1.165, 1.54) is 45.5 Å². The van der Waals surface area contributed by atoms with Gasteiger partial charge in [0, 0.05) is 0 Å². The van der Waals surface area contributed by atoms with Crippen molar-refractivity contribution >= 4 is 65.2 Å². The van der Waals surface area contributed by atoms with Crippen LogP contribution >= 0.6 is 53.0 Å².